The van der Waals surface area contributed by atoms with Gasteiger partial charge in [-0.15, -0.1) is 0 Å². The Morgan fingerprint density at radius 3 is 2.31 bits per heavy atom. The van der Waals surface area contributed by atoms with E-state index in [2.05, 4.69) is 18.7 Å². The third-order valence-corrected chi connectivity index (χ3v) is 3.92. The van der Waals surface area contributed by atoms with E-state index in [0.717, 1.165) is 25.8 Å². The fourth-order valence-electron chi connectivity index (χ4n) is 2.65. The smallest absolute Gasteiger partial charge is 0.225 e. The van der Waals surface area contributed by atoms with Crippen LogP contribution in [0.2, 0.25) is 0 Å². The lowest BCUT2D eigenvalue weighted by molar-refractivity contribution is -0.135. The Morgan fingerprint density at radius 2 is 1.81 bits per heavy atom. The molecular weight excluding hydrogens is 198 g/mol. The molecule has 2 aliphatic rings. The van der Waals surface area contributed by atoms with Gasteiger partial charge in [0.05, 0.1) is 0 Å². The Bertz CT molecular complexity index is 239. The first-order valence-electron chi connectivity index (χ1n) is 6.99. The van der Waals surface area contributed by atoms with E-state index in [1.54, 1.807) is 0 Å². The van der Waals surface area contributed by atoms with Gasteiger partial charge in [0.2, 0.25) is 5.91 Å². The summed E-state index contributed by atoms with van der Waals surface area (Å²) in [5.74, 6) is 1.57. The number of carbonyl (C=O) groups is 1. The summed E-state index contributed by atoms with van der Waals surface area (Å²) in [4.78, 5) is 14.5. The quantitative estimate of drug-likeness (QED) is 0.701. The Kier molecular flexibility index (Phi) is 3.88. The average Bonchev–Trinajstić information content (AvgIpc) is 2.96. The van der Waals surface area contributed by atoms with E-state index in [-0.39, 0.29) is 0 Å². The zero-order valence-electron chi connectivity index (χ0n) is 10.7. The highest BCUT2D eigenvalue weighted by atomic mass is 16.2. The molecule has 0 saturated heterocycles. The first kappa shape index (κ1) is 11.9. The standard InChI is InChI=1S/C14H25NO/c1-11(2)9-10-15(13-5-3-4-6-13)14(16)12-7-8-12/h11-13H,3-10H2,1-2H3. The Labute approximate surface area is 99.4 Å². The minimum atomic E-state index is 0.396. The minimum Gasteiger partial charge on any atom is -0.339 e. The van der Waals surface area contributed by atoms with Crippen molar-refractivity contribution >= 4 is 5.91 Å². The van der Waals surface area contributed by atoms with Gasteiger partial charge in [0.25, 0.3) is 0 Å². The molecule has 0 N–H and O–H groups in total. The summed E-state index contributed by atoms with van der Waals surface area (Å²) in [5, 5.41) is 0. The molecule has 16 heavy (non-hydrogen) atoms. The molecule has 0 aromatic heterocycles. The number of amides is 1. The van der Waals surface area contributed by atoms with Gasteiger partial charge in [0.1, 0.15) is 0 Å². The van der Waals surface area contributed by atoms with Crippen LogP contribution in [-0.4, -0.2) is 23.4 Å². The summed E-state index contributed by atoms with van der Waals surface area (Å²) in [6, 6.07) is 0.576. The molecule has 2 fully saturated rings. The van der Waals surface area contributed by atoms with Crippen molar-refractivity contribution in [1.82, 2.24) is 4.90 Å². The third-order valence-electron chi connectivity index (χ3n) is 3.92. The second-order valence-corrected chi connectivity index (χ2v) is 5.93. The number of rotatable bonds is 5. The lowest BCUT2D eigenvalue weighted by Gasteiger charge is -2.30. The molecule has 2 heteroatoms. The van der Waals surface area contributed by atoms with Gasteiger partial charge < -0.3 is 4.90 Å². The number of carbonyl (C=O) groups excluding carboxylic acids is 1. The van der Waals surface area contributed by atoms with Gasteiger partial charge in [-0.25, -0.2) is 0 Å². The largest absolute Gasteiger partial charge is 0.339 e. The van der Waals surface area contributed by atoms with Crippen molar-refractivity contribution in [2.75, 3.05) is 6.54 Å². The predicted molar refractivity (Wildman–Crippen MR) is 66.1 cm³/mol. The first-order valence-corrected chi connectivity index (χ1v) is 6.99. The normalized spacial score (nSPS) is 21.7. The van der Waals surface area contributed by atoms with Gasteiger partial charge in [-0.2, -0.15) is 0 Å². The van der Waals surface area contributed by atoms with Gasteiger partial charge in [-0.05, 0) is 38.0 Å². The molecule has 2 aliphatic carbocycles. The molecule has 0 atom stereocenters. The van der Waals surface area contributed by atoms with Gasteiger partial charge in [0, 0.05) is 18.5 Å². The molecule has 0 spiro atoms. The van der Waals surface area contributed by atoms with Crippen molar-refractivity contribution in [2.24, 2.45) is 11.8 Å². The Hall–Kier alpha value is -0.530. The number of hydrogen-bond acceptors (Lipinski definition) is 1. The maximum atomic E-state index is 12.2. The molecule has 2 rings (SSSR count). The van der Waals surface area contributed by atoms with E-state index >= 15 is 0 Å². The van der Waals surface area contributed by atoms with Crippen LogP contribution >= 0.6 is 0 Å². The fourth-order valence-corrected chi connectivity index (χ4v) is 2.65. The van der Waals surface area contributed by atoms with E-state index < -0.39 is 0 Å². The summed E-state index contributed by atoms with van der Waals surface area (Å²) in [5.41, 5.74) is 0. The monoisotopic (exact) mass is 223 g/mol. The van der Waals surface area contributed by atoms with Crippen molar-refractivity contribution in [3.63, 3.8) is 0 Å². The molecule has 2 saturated carbocycles. The molecular formula is C14H25NO. The SMILES string of the molecule is CC(C)CCN(C(=O)C1CC1)C1CCCC1. The summed E-state index contributed by atoms with van der Waals surface area (Å²) in [7, 11) is 0. The summed E-state index contributed by atoms with van der Waals surface area (Å²) in [6.45, 7) is 5.49. The second-order valence-electron chi connectivity index (χ2n) is 5.93. The van der Waals surface area contributed by atoms with E-state index in [9.17, 15) is 4.79 Å². The van der Waals surface area contributed by atoms with Gasteiger partial charge >= 0.3 is 0 Å². The van der Waals surface area contributed by atoms with E-state index in [1.165, 1.54) is 25.7 Å². The highest BCUT2D eigenvalue weighted by Crippen LogP contribution is 2.34. The summed E-state index contributed by atoms with van der Waals surface area (Å²) >= 11 is 0. The van der Waals surface area contributed by atoms with E-state index in [4.69, 9.17) is 0 Å². The van der Waals surface area contributed by atoms with Crippen LogP contribution in [0.15, 0.2) is 0 Å². The van der Waals surface area contributed by atoms with Gasteiger partial charge in [-0.3, -0.25) is 4.79 Å². The zero-order valence-corrected chi connectivity index (χ0v) is 10.7. The molecule has 0 bridgehead atoms. The van der Waals surface area contributed by atoms with Gasteiger partial charge in [0.15, 0.2) is 0 Å². The molecule has 0 aromatic rings. The van der Waals surface area contributed by atoms with Crippen LogP contribution in [0.3, 0.4) is 0 Å². The summed E-state index contributed by atoms with van der Waals surface area (Å²) < 4.78 is 0. The molecule has 0 aromatic carbocycles. The van der Waals surface area contributed by atoms with Crippen molar-refractivity contribution in [1.29, 1.82) is 0 Å². The van der Waals surface area contributed by atoms with E-state index in [0.29, 0.717) is 23.8 Å². The third kappa shape index (κ3) is 2.99. The topological polar surface area (TPSA) is 20.3 Å². The van der Waals surface area contributed by atoms with Crippen LogP contribution in [0.1, 0.15) is 58.8 Å². The molecule has 1 amide bonds. The molecule has 92 valence electrons. The Morgan fingerprint density at radius 1 is 1.19 bits per heavy atom. The molecule has 0 aliphatic heterocycles. The second kappa shape index (κ2) is 5.20. The van der Waals surface area contributed by atoms with Crippen LogP contribution in [0.5, 0.6) is 0 Å². The number of nitrogens with zero attached hydrogens (tertiary/aromatic N) is 1. The lowest BCUT2D eigenvalue weighted by Crippen LogP contribution is -2.40. The van der Waals surface area contributed by atoms with Crippen LogP contribution in [-0.2, 0) is 4.79 Å². The number of hydrogen-bond donors (Lipinski definition) is 0. The van der Waals surface area contributed by atoms with Crippen molar-refractivity contribution in [2.45, 2.75) is 64.8 Å². The maximum absolute atomic E-state index is 12.2. The zero-order chi connectivity index (χ0) is 11.5. The highest BCUT2D eigenvalue weighted by molar-refractivity contribution is 5.81. The predicted octanol–water partition coefficient (Wildman–Crippen LogP) is 3.21. The van der Waals surface area contributed by atoms with Gasteiger partial charge in [-0.1, -0.05) is 26.7 Å². The van der Waals surface area contributed by atoms with Crippen LogP contribution in [0, 0.1) is 11.8 Å². The van der Waals surface area contributed by atoms with Crippen LogP contribution in [0.4, 0.5) is 0 Å². The minimum absolute atomic E-state index is 0.396. The maximum Gasteiger partial charge on any atom is 0.225 e. The molecule has 0 radical (unpaired) electrons. The fraction of sp³-hybridized carbons (Fsp3) is 0.929. The van der Waals surface area contributed by atoms with Crippen LogP contribution in [0.25, 0.3) is 0 Å². The highest BCUT2D eigenvalue weighted by Gasteiger charge is 2.36. The Balaban J connectivity index is 1.91. The first-order chi connectivity index (χ1) is 7.68. The van der Waals surface area contributed by atoms with Crippen molar-refractivity contribution in [3.8, 4) is 0 Å². The average molecular weight is 223 g/mol. The van der Waals surface area contributed by atoms with Crippen LogP contribution < -0.4 is 0 Å². The van der Waals surface area contributed by atoms with E-state index in [1.807, 2.05) is 0 Å². The summed E-state index contributed by atoms with van der Waals surface area (Å²) in [6.07, 6.45) is 8.58. The molecule has 0 heterocycles. The van der Waals surface area contributed by atoms with Crippen molar-refractivity contribution < 1.29 is 4.79 Å². The lowest BCUT2D eigenvalue weighted by atomic mass is 10.1. The van der Waals surface area contributed by atoms with Crippen molar-refractivity contribution in [3.05, 3.63) is 0 Å². The molecule has 0 unspecified atom stereocenters. The molecule has 2 nitrogen and oxygen atoms in total.